The number of nitrogens with two attached hydrogens (primary N) is 1. The summed E-state index contributed by atoms with van der Waals surface area (Å²) in [5, 5.41) is 9.91. The molecule has 1 saturated carbocycles. The lowest BCUT2D eigenvalue weighted by Gasteiger charge is -2.35. The molecule has 0 saturated heterocycles. The van der Waals surface area contributed by atoms with E-state index in [9.17, 15) is 9.90 Å². The van der Waals surface area contributed by atoms with Crippen LogP contribution in [0.2, 0.25) is 0 Å². The largest absolute Gasteiger partial charge is 0.489 e. The van der Waals surface area contributed by atoms with E-state index >= 15 is 0 Å². The van der Waals surface area contributed by atoms with E-state index in [1.807, 2.05) is 0 Å². The molecule has 19 heavy (non-hydrogen) atoms. The second-order valence-corrected chi connectivity index (χ2v) is 4.88. The van der Waals surface area contributed by atoms with Crippen LogP contribution >= 0.6 is 0 Å². The number of aromatic nitrogens is 1. The summed E-state index contributed by atoms with van der Waals surface area (Å²) < 4.78 is 5.49. The maximum absolute atomic E-state index is 11.3. The predicted octanol–water partition coefficient (Wildman–Crippen LogP) is 1.26. The molecule has 1 fully saturated rings. The van der Waals surface area contributed by atoms with Crippen molar-refractivity contribution in [3.63, 3.8) is 0 Å². The first-order valence-electron chi connectivity index (χ1n) is 6.28. The van der Waals surface area contributed by atoms with E-state index < -0.39 is 5.60 Å². The zero-order valence-corrected chi connectivity index (χ0v) is 10.9. The summed E-state index contributed by atoms with van der Waals surface area (Å²) in [6.45, 7) is 1.72. The molecule has 1 aromatic rings. The minimum atomic E-state index is -0.680. The first-order chi connectivity index (χ1) is 9.04. The Bertz CT molecular complexity index is 490. The highest BCUT2D eigenvalue weighted by Crippen LogP contribution is 2.32. The van der Waals surface area contributed by atoms with Gasteiger partial charge >= 0.3 is 0 Å². The Morgan fingerprint density at radius 3 is 2.74 bits per heavy atom. The molecule has 0 bridgehead atoms. The first kappa shape index (κ1) is 13.5. The molecular formula is C14H18N2O3. The number of rotatable bonds is 5. The molecule has 0 unspecified atom stereocenters. The van der Waals surface area contributed by atoms with Crippen molar-refractivity contribution in [2.24, 2.45) is 5.73 Å². The molecule has 5 heteroatoms. The van der Waals surface area contributed by atoms with Gasteiger partial charge in [-0.15, -0.1) is 0 Å². The summed E-state index contributed by atoms with van der Waals surface area (Å²) in [4.78, 5) is 15.5. The summed E-state index contributed by atoms with van der Waals surface area (Å²) in [6, 6.07) is 3.40. The van der Waals surface area contributed by atoms with E-state index in [-0.39, 0.29) is 12.4 Å². The van der Waals surface area contributed by atoms with Crippen molar-refractivity contribution < 1.29 is 14.6 Å². The molecule has 5 nitrogen and oxygen atoms in total. The van der Waals surface area contributed by atoms with E-state index in [0.717, 1.165) is 19.3 Å². The normalized spacial score (nSPS) is 17.7. The van der Waals surface area contributed by atoms with Crippen molar-refractivity contribution in [2.45, 2.75) is 31.8 Å². The molecule has 1 aliphatic carbocycles. The average Bonchev–Trinajstić information content (AvgIpc) is 2.36. The summed E-state index contributed by atoms with van der Waals surface area (Å²) in [7, 11) is 0. The number of carbonyl (C=O) groups is 1. The number of hydrogen-bond donors (Lipinski definition) is 2. The first-order valence-corrected chi connectivity index (χ1v) is 6.28. The number of hydrogen-bond acceptors (Lipinski definition) is 5. The lowest BCUT2D eigenvalue weighted by Crippen LogP contribution is -2.42. The Balaban J connectivity index is 2.00. The molecule has 0 aliphatic heterocycles. The van der Waals surface area contributed by atoms with E-state index in [0.29, 0.717) is 17.0 Å². The fraction of sp³-hybridized carbons (Fsp3) is 0.429. The Morgan fingerprint density at radius 1 is 1.58 bits per heavy atom. The standard InChI is InChI=1S/C14H18N2O3/c1-10(17)12(7-15)13-4-3-11(8-16-13)19-9-14(18)5-2-6-14/h3-4,7-8,18H,2,5-6,9,15H2,1H3. The molecule has 1 heterocycles. The number of aliphatic hydroxyl groups is 1. The van der Waals surface area contributed by atoms with Crippen LogP contribution in [0.1, 0.15) is 31.9 Å². The summed E-state index contributed by atoms with van der Waals surface area (Å²) in [6.07, 6.45) is 5.39. The third-order valence-electron chi connectivity index (χ3n) is 3.35. The summed E-state index contributed by atoms with van der Waals surface area (Å²) >= 11 is 0. The maximum Gasteiger partial charge on any atom is 0.163 e. The minimum absolute atomic E-state index is 0.132. The maximum atomic E-state index is 11.3. The van der Waals surface area contributed by atoms with Crippen LogP contribution in [0, 0.1) is 0 Å². The van der Waals surface area contributed by atoms with E-state index in [2.05, 4.69) is 4.98 Å². The third kappa shape index (κ3) is 3.12. The number of ketones is 1. The number of allylic oxidation sites excluding steroid dienone is 1. The predicted molar refractivity (Wildman–Crippen MR) is 71.4 cm³/mol. The van der Waals surface area contributed by atoms with Crippen LogP contribution in [-0.2, 0) is 4.79 Å². The molecule has 102 valence electrons. The van der Waals surface area contributed by atoms with Crippen LogP contribution in [-0.4, -0.2) is 28.1 Å². The number of ether oxygens (including phenoxy) is 1. The van der Waals surface area contributed by atoms with Crippen LogP contribution in [0.4, 0.5) is 0 Å². The van der Waals surface area contributed by atoms with Gasteiger partial charge in [0, 0.05) is 6.20 Å². The smallest absolute Gasteiger partial charge is 0.163 e. The van der Waals surface area contributed by atoms with Gasteiger partial charge in [0.05, 0.1) is 23.1 Å². The Kier molecular flexibility index (Phi) is 3.85. The molecular weight excluding hydrogens is 244 g/mol. The fourth-order valence-corrected chi connectivity index (χ4v) is 1.95. The van der Waals surface area contributed by atoms with E-state index in [1.54, 1.807) is 12.1 Å². The molecule has 0 aromatic carbocycles. The van der Waals surface area contributed by atoms with Crippen molar-refractivity contribution >= 4 is 11.4 Å². The van der Waals surface area contributed by atoms with E-state index in [1.165, 1.54) is 19.3 Å². The Hall–Kier alpha value is -1.88. The van der Waals surface area contributed by atoms with Crippen molar-refractivity contribution in [2.75, 3.05) is 6.61 Å². The van der Waals surface area contributed by atoms with Gasteiger partial charge in [0.2, 0.25) is 0 Å². The van der Waals surface area contributed by atoms with E-state index in [4.69, 9.17) is 10.5 Å². The van der Waals surface area contributed by atoms with Crippen molar-refractivity contribution in [3.05, 3.63) is 30.2 Å². The number of Topliss-reactive ketones (excluding diaryl/α,β-unsaturated/α-hetero) is 1. The minimum Gasteiger partial charge on any atom is -0.489 e. The molecule has 0 amide bonds. The SMILES string of the molecule is CC(=O)C(=CN)c1ccc(OCC2(O)CCC2)cn1. The van der Waals surface area contributed by atoms with Gasteiger partial charge in [0.1, 0.15) is 12.4 Å². The number of carbonyl (C=O) groups excluding carboxylic acids is 1. The fourth-order valence-electron chi connectivity index (χ4n) is 1.95. The van der Waals surface area contributed by atoms with Gasteiger partial charge < -0.3 is 15.6 Å². The van der Waals surface area contributed by atoms with Crippen molar-refractivity contribution in [1.29, 1.82) is 0 Å². The number of pyridine rings is 1. The van der Waals surface area contributed by atoms with Gasteiger partial charge in [0.15, 0.2) is 5.78 Å². The average molecular weight is 262 g/mol. The Morgan fingerprint density at radius 2 is 2.32 bits per heavy atom. The summed E-state index contributed by atoms with van der Waals surface area (Å²) in [5.41, 5.74) is 5.61. The highest BCUT2D eigenvalue weighted by molar-refractivity contribution is 6.18. The molecule has 1 aromatic heterocycles. The Labute approximate surface area is 112 Å². The lowest BCUT2D eigenvalue weighted by molar-refractivity contribution is -0.111. The van der Waals surface area contributed by atoms with Crippen LogP contribution < -0.4 is 10.5 Å². The van der Waals surface area contributed by atoms with Crippen molar-refractivity contribution in [1.82, 2.24) is 4.98 Å². The third-order valence-corrected chi connectivity index (χ3v) is 3.35. The monoisotopic (exact) mass is 262 g/mol. The molecule has 0 spiro atoms. The topological polar surface area (TPSA) is 85.4 Å². The molecule has 2 rings (SSSR count). The highest BCUT2D eigenvalue weighted by Gasteiger charge is 2.35. The zero-order valence-electron chi connectivity index (χ0n) is 10.9. The van der Waals surface area contributed by atoms with Gasteiger partial charge in [-0.3, -0.25) is 9.78 Å². The molecule has 1 aliphatic rings. The highest BCUT2D eigenvalue weighted by atomic mass is 16.5. The molecule has 0 radical (unpaired) electrons. The van der Waals surface area contributed by atoms with Crippen molar-refractivity contribution in [3.8, 4) is 5.75 Å². The van der Waals surface area contributed by atoms with Crippen LogP contribution in [0.3, 0.4) is 0 Å². The van der Waals surface area contributed by atoms with Crippen LogP contribution in [0.5, 0.6) is 5.75 Å². The van der Waals surface area contributed by atoms with Gasteiger partial charge in [-0.2, -0.15) is 0 Å². The zero-order chi connectivity index (χ0) is 13.9. The molecule has 0 atom stereocenters. The van der Waals surface area contributed by atoms with Crippen LogP contribution in [0.25, 0.3) is 5.57 Å². The lowest BCUT2D eigenvalue weighted by atomic mass is 9.81. The van der Waals surface area contributed by atoms with Gasteiger partial charge in [0.25, 0.3) is 0 Å². The van der Waals surface area contributed by atoms with Crippen LogP contribution in [0.15, 0.2) is 24.5 Å². The quantitative estimate of drug-likeness (QED) is 0.780. The van der Waals surface area contributed by atoms with Gasteiger partial charge in [-0.1, -0.05) is 0 Å². The summed E-state index contributed by atoms with van der Waals surface area (Å²) in [5.74, 6) is 0.441. The molecule has 3 N–H and O–H groups in total. The second-order valence-electron chi connectivity index (χ2n) is 4.88. The van der Waals surface area contributed by atoms with Gasteiger partial charge in [-0.05, 0) is 38.3 Å². The van der Waals surface area contributed by atoms with Gasteiger partial charge in [-0.25, -0.2) is 0 Å². The second kappa shape index (κ2) is 5.40. The number of nitrogens with zero attached hydrogens (tertiary/aromatic N) is 1.